The summed E-state index contributed by atoms with van der Waals surface area (Å²) in [6.07, 6.45) is 4.95. The van der Waals surface area contributed by atoms with Crippen molar-refractivity contribution in [2.24, 2.45) is 14.1 Å². The van der Waals surface area contributed by atoms with Gasteiger partial charge in [0.15, 0.2) is 17.0 Å². The number of halogens is 1. The summed E-state index contributed by atoms with van der Waals surface area (Å²) in [5.74, 6) is 1.50. The van der Waals surface area contributed by atoms with Gasteiger partial charge in [-0.15, -0.1) is 0 Å². The van der Waals surface area contributed by atoms with Gasteiger partial charge in [-0.3, -0.25) is 9.25 Å². The third-order valence-electron chi connectivity index (χ3n) is 6.50. The minimum Gasteiger partial charge on any atom is -0.355 e. The van der Waals surface area contributed by atoms with E-state index in [1.807, 2.05) is 40.4 Å². The molecule has 1 aromatic carbocycles. The monoisotopic (exact) mass is 463 g/mol. The molecular weight excluding hydrogens is 442 g/mol. The molecule has 0 unspecified atom stereocenters. The molecule has 4 aromatic heterocycles. The second-order valence-corrected chi connectivity index (χ2v) is 8.73. The number of aromatic amines is 1. The van der Waals surface area contributed by atoms with Gasteiger partial charge in [0.1, 0.15) is 17.3 Å². The van der Waals surface area contributed by atoms with E-state index in [1.165, 1.54) is 0 Å². The fourth-order valence-electron chi connectivity index (χ4n) is 4.80. The molecule has 0 amide bonds. The maximum Gasteiger partial charge on any atom is 0.326 e. The summed E-state index contributed by atoms with van der Waals surface area (Å²) < 4.78 is 5.42. The smallest absolute Gasteiger partial charge is 0.326 e. The van der Waals surface area contributed by atoms with Gasteiger partial charge in [0.2, 0.25) is 0 Å². The van der Waals surface area contributed by atoms with Crippen molar-refractivity contribution >= 4 is 39.6 Å². The Hall–Kier alpha value is -3.66. The number of H-pyrrole nitrogens is 1. The molecule has 0 saturated carbocycles. The second-order valence-electron chi connectivity index (χ2n) is 8.37. The van der Waals surface area contributed by atoms with E-state index in [1.54, 1.807) is 24.3 Å². The molecule has 11 heteroatoms. The molecule has 33 heavy (non-hydrogen) atoms. The maximum absolute atomic E-state index is 12.6. The van der Waals surface area contributed by atoms with E-state index in [0.717, 1.165) is 59.5 Å². The first-order valence-electron chi connectivity index (χ1n) is 10.8. The lowest BCUT2D eigenvalue weighted by Crippen LogP contribution is -2.37. The van der Waals surface area contributed by atoms with E-state index in [9.17, 15) is 4.79 Å². The molecular formula is C22H22ClN9O. The summed E-state index contributed by atoms with van der Waals surface area (Å²) in [7, 11) is 3.71. The van der Waals surface area contributed by atoms with Gasteiger partial charge in [-0.2, -0.15) is 5.10 Å². The number of nitrogens with zero attached hydrogens (tertiary/aromatic N) is 8. The summed E-state index contributed by atoms with van der Waals surface area (Å²) in [6.45, 7) is 1.53. The average molecular weight is 464 g/mol. The zero-order valence-electron chi connectivity index (χ0n) is 18.2. The number of benzene rings is 1. The van der Waals surface area contributed by atoms with Crippen molar-refractivity contribution in [2.45, 2.75) is 18.9 Å². The summed E-state index contributed by atoms with van der Waals surface area (Å²) in [4.78, 5) is 31.7. The predicted octanol–water partition coefficient (Wildman–Crippen LogP) is 2.90. The minimum absolute atomic E-state index is 0.0539. The number of hydrogen-bond acceptors (Lipinski definition) is 6. The molecule has 0 atom stereocenters. The summed E-state index contributed by atoms with van der Waals surface area (Å²) in [5, 5.41) is 4.75. The van der Waals surface area contributed by atoms with Crippen LogP contribution in [-0.2, 0) is 14.1 Å². The Morgan fingerprint density at radius 1 is 1.12 bits per heavy atom. The number of imidazole rings is 2. The van der Waals surface area contributed by atoms with Crippen LogP contribution in [0, 0.1) is 0 Å². The normalized spacial score (nSPS) is 15.2. The molecule has 10 nitrogen and oxygen atoms in total. The van der Waals surface area contributed by atoms with Gasteiger partial charge in [0.25, 0.3) is 0 Å². The highest BCUT2D eigenvalue weighted by atomic mass is 35.5. The summed E-state index contributed by atoms with van der Waals surface area (Å²) >= 11 is 6.42. The lowest BCUT2D eigenvalue weighted by Gasteiger charge is -2.33. The van der Waals surface area contributed by atoms with Gasteiger partial charge in [0, 0.05) is 33.2 Å². The van der Waals surface area contributed by atoms with Gasteiger partial charge in [-0.05, 0) is 25.0 Å². The highest BCUT2D eigenvalue weighted by Crippen LogP contribution is 2.33. The number of rotatable bonds is 3. The van der Waals surface area contributed by atoms with Crippen LogP contribution in [0.4, 0.5) is 5.82 Å². The molecule has 1 aliphatic heterocycles. The first-order chi connectivity index (χ1) is 16.0. The van der Waals surface area contributed by atoms with Crippen molar-refractivity contribution in [3.63, 3.8) is 0 Å². The van der Waals surface area contributed by atoms with Crippen LogP contribution in [0.3, 0.4) is 0 Å². The van der Waals surface area contributed by atoms with Gasteiger partial charge in [0.05, 0.1) is 22.8 Å². The molecule has 6 rings (SSSR count). The second kappa shape index (κ2) is 7.45. The van der Waals surface area contributed by atoms with E-state index in [0.29, 0.717) is 11.0 Å². The van der Waals surface area contributed by atoms with Gasteiger partial charge < -0.3 is 14.5 Å². The number of aryl methyl sites for hydroxylation is 2. The number of piperidine rings is 1. The average Bonchev–Trinajstić information content (AvgIpc) is 3.46. The number of fused-ring (bicyclic) bond motifs is 2. The van der Waals surface area contributed by atoms with Crippen molar-refractivity contribution in [1.29, 1.82) is 0 Å². The molecule has 0 spiro atoms. The molecule has 1 fully saturated rings. The molecule has 0 bridgehead atoms. The van der Waals surface area contributed by atoms with Crippen LogP contribution in [0.1, 0.15) is 18.9 Å². The van der Waals surface area contributed by atoms with E-state index in [-0.39, 0.29) is 11.7 Å². The Kier molecular flexibility index (Phi) is 4.51. The number of nitrogens with one attached hydrogen (secondary N) is 1. The third kappa shape index (κ3) is 3.05. The molecule has 0 aliphatic carbocycles. The SMILES string of the molecule is Cn1ncc(-c2nc3c(N4CCC(n5c(=O)[nH]c6ccccc65)CC4)ncnc3n2C)c1Cl. The Bertz CT molecular complexity index is 1550. The molecule has 5 heterocycles. The van der Waals surface area contributed by atoms with Gasteiger partial charge in [-0.1, -0.05) is 23.7 Å². The molecule has 1 saturated heterocycles. The van der Waals surface area contributed by atoms with Crippen molar-refractivity contribution in [3.8, 4) is 11.4 Å². The number of hydrogen-bond donors (Lipinski definition) is 1. The fraction of sp³-hybridized carbons (Fsp3) is 0.318. The molecule has 5 aromatic rings. The Morgan fingerprint density at radius 3 is 2.67 bits per heavy atom. The van der Waals surface area contributed by atoms with Crippen LogP contribution in [-0.4, -0.2) is 51.9 Å². The largest absolute Gasteiger partial charge is 0.355 e. The zero-order chi connectivity index (χ0) is 22.7. The number of aromatic nitrogens is 8. The maximum atomic E-state index is 12.6. The highest BCUT2D eigenvalue weighted by Gasteiger charge is 2.27. The van der Waals surface area contributed by atoms with Crippen LogP contribution in [0.25, 0.3) is 33.6 Å². The number of anilines is 1. The van der Waals surface area contributed by atoms with Crippen LogP contribution in [0.15, 0.2) is 41.6 Å². The quantitative estimate of drug-likeness (QED) is 0.441. The number of para-hydroxylation sites is 2. The first kappa shape index (κ1) is 20.0. The Labute approximate surface area is 193 Å². The fourth-order valence-corrected chi connectivity index (χ4v) is 4.98. The molecule has 1 N–H and O–H groups in total. The standard InChI is InChI=1S/C22H22ClN9O/c1-29-19(14-11-26-30(2)18(14)23)28-17-20(29)24-12-25-21(17)31-9-7-13(8-10-31)32-16-6-4-3-5-15(16)27-22(32)33/h3-6,11-13H,7-10H2,1-2H3,(H,27,33). The topological polar surface area (TPSA) is 102 Å². The first-order valence-corrected chi connectivity index (χ1v) is 11.2. The van der Waals surface area contributed by atoms with E-state index < -0.39 is 0 Å². The van der Waals surface area contributed by atoms with Crippen molar-refractivity contribution in [3.05, 3.63) is 52.4 Å². The minimum atomic E-state index is -0.0539. The van der Waals surface area contributed by atoms with Gasteiger partial charge in [-0.25, -0.2) is 19.7 Å². The summed E-state index contributed by atoms with van der Waals surface area (Å²) in [6, 6.07) is 7.97. The third-order valence-corrected chi connectivity index (χ3v) is 6.95. The summed E-state index contributed by atoms with van der Waals surface area (Å²) in [5.41, 5.74) is 4.00. The van der Waals surface area contributed by atoms with E-state index >= 15 is 0 Å². The van der Waals surface area contributed by atoms with Crippen LogP contribution < -0.4 is 10.6 Å². The van der Waals surface area contributed by atoms with Crippen LogP contribution >= 0.6 is 11.6 Å². The van der Waals surface area contributed by atoms with Crippen molar-refractivity contribution in [1.82, 2.24) is 38.9 Å². The van der Waals surface area contributed by atoms with E-state index in [4.69, 9.17) is 16.6 Å². The lowest BCUT2D eigenvalue weighted by atomic mass is 10.0. The molecule has 1 aliphatic rings. The molecule has 0 radical (unpaired) electrons. The van der Waals surface area contributed by atoms with Crippen molar-refractivity contribution in [2.75, 3.05) is 18.0 Å². The van der Waals surface area contributed by atoms with Crippen LogP contribution in [0.5, 0.6) is 0 Å². The van der Waals surface area contributed by atoms with E-state index in [2.05, 4.69) is 25.0 Å². The van der Waals surface area contributed by atoms with Crippen LogP contribution in [0.2, 0.25) is 5.15 Å². The zero-order valence-corrected chi connectivity index (χ0v) is 19.0. The predicted molar refractivity (Wildman–Crippen MR) is 127 cm³/mol. The Balaban J connectivity index is 1.33. The van der Waals surface area contributed by atoms with Gasteiger partial charge >= 0.3 is 5.69 Å². The van der Waals surface area contributed by atoms with Crippen molar-refractivity contribution < 1.29 is 0 Å². The molecule has 168 valence electrons. The Morgan fingerprint density at radius 2 is 1.91 bits per heavy atom. The lowest BCUT2D eigenvalue weighted by molar-refractivity contribution is 0.395. The highest BCUT2D eigenvalue weighted by molar-refractivity contribution is 6.32.